The number of H-pyrrole nitrogens is 3. The topological polar surface area (TPSA) is 278 Å². The maximum atomic E-state index is 4.26. The van der Waals surface area contributed by atoms with Crippen LogP contribution in [0.1, 0.15) is 17.5 Å². The lowest BCUT2D eigenvalue weighted by Gasteiger charge is -1.89. The van der Waals surface area contributed by atoms with E-state index in [0.29, 0.717) is 5.65 Å². The van der Waals surface area contributed by atoms with E-state index >= 15 is 0 Å². The van der Waals surface area contributed by atoms with Crippen LogP contribution in [-0.2, 0) is 35.2 Å². The van der Waals surface area contributed by atoms with Crippen LogP contribution in [0.5, 0.6) is 0 Å². The van der Waals surface area contributed by atoms with Gasteiger partial charge in [0.15, 0.2) is 11.3 Å². The Kier molecular flexibility index (Phi) is 17.3. The fourth-order valence-electron chi connectivity index (χ4n) is 7.78. The number of nitrogens with one attached hydrogen (secondary N) is 3. The Hall–Kier alpha value is -11.0. The Morgan fingerprint density at radius 1 is 0.312 bits per heavy atom. The highest BCUT2D eigenvalue weighted by molar-refractivity contribution is 5.77. The van der Waals surface area contributed by atoms with E-state index in [9.17, 15) is 0 Å². The highest BCUT2D eigenvalue weighted by atomic mass is 15.5. The van der Waals surface area contributed by atoms with Crippen molar-refractivity contribution in [3.05, 3.63) is 195 Å². The van der Waals surface area contributed by atoms with E-state index in [1.807, 2.05) is 172 Å². The maximum Gasteiger partial charge on any atom is 0.201 e. The molecular formula is C56H56N24. The average Bonchev–Trinajstić information content (AvgIpc) is 4.37. The molecule has 3 N–H and O–H groups in total. The number of aromatic amines is 3. The van der Waals surface area contributed by atoms with Gasteiger partial charge in [-0.25, -0.2) is 44.9 Å². The molecule has 14 aromatic heterocycles. The summed E-state index contributed by atoms with van der Waals surface area (Å²) in [6.45, 7) is 5.81. The largest absolute Gasteiger partial charge is 0.342 e. The molecule has 0 atom stereocenters. The molecule has 16 aromatic rings. The van der Waals surface area contributed by atoms with Crippen LogP contribution in [0.3, 0.4) is 0 Å². The number of fused-ring (bicyclic) bond motifs is 8. The zero-order chi connectivity index (χ0) is 55.8. The quantitative estimate of drug-likeness (QED) is 0.128. The van der Waals surface area contributed by atoms with Crippen molar-refractivity contribution in [3.63, 3.8) is 0 Å². The molecule has 0 spiro atoms. The van der Waals surface area contributed by atoms with Gasteiger partial charge in [-0.15, -0.1) is 5.10 Å². The first-order valence-corrected chi connectivity index (χ1v) is 24.9. The first kappa shape index (κ1) is 53.8. The van der Waals surface area contributed by atoms with Crippen molar-refractivity contribution >= 4 is 88.7 Å². The number of aryl methyl sites for hydroxylation is 8. The minimum absolute atomic E-state index is 0.699. The Morgan fingerprint density at radius 2 is 0.800 bits per heavy atom. The third-order valence-electron chi connectivity index (χ3n) is 11.5. The van der Waals surface area contributed by atoms with Crippen molar-refractivity contribution in [3.8, 4) is 0 Å². The first-order chi connectivity index (χ1) is 38.9. The van der Waals surface area contributed by atoms with Crippen LogP contribution in [0.2, 0.25) is 0 Å². The molecule has 0 unspecified atom stereocenters. The maximum absolute atomic E-state index is 4.26. The van der Waals surface area contributed by atoms with Crippen molar-refractivity contribution in [2.24, 2.45) is 35.2 Å². The monoisotopic (exact) mass is 1060 g/mol. The third-order valence-corrected chi connectivity index (χ3v) is 11.5. The molecule has 16 rings (SSSR count). The molecule has 0 aliphatic rings. The van der Waals surface area contributed by atoms with E-state index in [-0.39, 0.29) is 0 Å². The number of pyridine rings is 6. The predicted molar refractivity (Wildman–Crippen MR) is 308 cm³/mol. The van der Waals surface area contributed by atoms with Crippen LogP contribution in [-0.4, -0.2) is 118 Å². The summed E-state index contributed by atoms with van der Waals surface area (Å²) < 4.78 is 5.86. The molecule has 0 aliphatic carbocycles. The van der Waals surface area contributed by atoms with Crippen LogP contribution in [0, 0.1) is 20.8 Å². The highest BCUT2D eigenvalue weighted by Crippen LogP contribution is 2.12. The van der Waals surface area contributed by atoms with Gasteiger partial charge in [-0.05, 0) is 99.6 Å². The fraction of sp³-hybridized carbons (Fsp3) is 0.143. The fourth-order valence-corrected chi connectivity index (χ4v) is 7.78. The summed E-state index contributed by atoms with van der Waals surface area (Å²) in [6.07, 6.45) is 21.1. The molecule has 0 amide bonds. The van der Waals surface area contributed by atoms with Crippen LogP contribution >= 0.6 is 0 Å². The average molecular weight is 1070 g/mol. The smallest absolute Gasteiger partial charge is 0.201 e. The van der Waals surface area contributed by atoms with Gasteiger partial charge in [0.1, 0.15) is 39.5 Å². The van der Waals surface area contributed by atoms with Crippen molar-refractivity contribution in [1.29, 1.82) is 0 Å². The summed E-state index contributed by atoms with van der Waals surface area (Å²) in [5.74, 6) is 2.82. The van der Waals surface area contributed by atoms with Gasteiger partial charge in [0.25, 0.3) is 0 Å². The summed E-state index contributed by atoms with van der Waals surface area (Å²) in [5.41, 5.74) is 15.4. The Bertz CT molecular complexity index is 3750. The Labute approximate surface area is 456 Å². The molecule has 0 bridgehead atoms. The van der Waals surface area contributed by atoms with E-state index in [0.717, 1.165) is 100 Å². The van der Waals surface area contributed by atoms with Crippen molar-refractivity contribution in [2.45, 2.75) is 20.8 Å². The van der Waals surface area contributed by atoms with Crippen LogP contribution < -0.4 is 0 Å². The molecule has 14 heterocycles. The van der Waals surface area contributed by atoms with Gasteiger partial charge in [0, 0.05) is 72.4 Å². The SMILES string of the molecule is Cc1nc2ccccc2[nH]1.Cc1nc2ccncc2[nH]1.Cc1nc2ncccc2[nH]1.Cn1cnc2ccncc21.Cn1cnc2cnccc21.Cn1cnc2ncccc21.Cn1nc2ccccc2n1.Cn1nc2cccnc2n1. The lowest BCUT2D eigenvalue weighted by atomic mass is 10.3. The number of imidazole rings is 6. The Balaban J connectivity index is 0.000000111. The molecule has 80 heavy (non-hydrogen) atoms. The van der Waals surface area contributed by atoms with Crippen molar-refractivity contribution in [1.82, 2.24) is 118 Å². The van der Waals surface area contributed by atoms with Crippen LogP contribution in [0.15, 0.2) is 178 Å². The Morgan fingerprint density at radius 3 is 1.48 bits per heavy atom. The van der Waals surface area contributed by atoms with Crippen LogP contribution in [0.25, 0.3) is 88.7 Å². The lowest BCUT2D eigenvalue weighted by molar-refractivity contribution is 0.663. The third kappa shape index (κ3) is 14.1. The van der Waals surface area contributed by atoms with Gasteiger partial charge in [-0.1, -0.05) is 24.3 Å². The summed E-state index contributed by atoms with van der Waals surface area (Å²) in [7, 11) is 9.48. The second-order valence-electron chi connectivity index (χ2n) is 17.6. The minimum atomic E-state index is 0.699. The van der Waals surface area contributed by atoms with Gasteiger partial charge in [0.2, 0.25) is 5.65 Å². The van der Waals surface area contributed by atoms with Gasteiger partial charge in [-0.2, -0.15) is 24.9 Å². The van der Waals surface area contributed by atoms with Crippen molar-refractivity contribution < 1.29 is 0 Å². The normalized spacial score (nSPS) is 10.5. The molecule has 0 saturated heterocycles. The zero-order valence-corrected chi connectivity index (χ0v) is 45.1. The standard InChI is InChI=1S/C8H8N2.6C7H7N3.C6H6N4/c1-6-9-7-4-2-3-5-8(7)10-6;1-10-5-9-6-4-8-3-2-7(6)10;1-10-5-9-6-2-3-8-4-7(6)10;1-5-9-6-2-3-8-4-7(6)10-5;1-10-5-9-7-6(10)3-2-4-8-7;1-10-8-6-4-2-3-5-7(6)9-10;1-5-9-6-3-2-4-8-7(6)10-5;1-10-8-5-3-2-4-7-6(5)9-10/h2-5H,1H3,(H,9,10);2*2-5H,1H3;2-4H,1H3,(H,9,10);2*2-5H,1H3;2-4H,1H3,(H,8,9,10);2-4H,1H3. The minimum Gasteiger partial charge on any atom is -0.342 e. The molecule has 24 heteroatoms. The van der Waals surface area contributed by atoms with E-state index in [2.05, 4.69) is 95.2 Å². The zero-order valence-electron chi connectivity index (χ0n) is 45.1. The molecule has 0 saturated carbocycles. The van der Waals surface area contributed by atoms with E-state index in [1.54, 1.807) is 80.4 Å². The summed E-state index contributed by atoms with van der Waals surface area (Å²) in [6, 6.07) is 33.0. The van der Waals surface area contributed by atoms with Gasteiger partial charge < -0.3 is 28.7 Å². The van der Waals surface area contributed by atoms with E-state index in [4.69, 9.17) is 0 Å². The van der Waals surface area contributed by atoms with Gasteiger partial charge in [-0.3, -0.25) is 15.0 Å². The second-order valence-corrected chi connectivity index (χ2v) is 17.6. The molecule has 2 aromatic carbocycles. The number of benzene rings is 2. The lowest BCUT2D eigenvalue weighted by Crippen LogP contribution is -1.90. The highest BCUT2D eigenvalue weighted by Gasteiger charge is 2.01. The molecular weight excluding hydrogens is 1010 g/mol. The summed E-state index contributed by atoms with van der Waals surface area (Å²) in [4.78, 5) is 61.4. The summed E-state index contributed by atoms with van der Waals surface area (Å²) >= 11 is 0. The number of aromatic nitrogens is 24. The van der Waals surface area contributed by atoms with Gasteiger partial charge in [0.05, 0.1) is 87.2 Å². The molecule has 0 fully saturated rings. The number of nitrogens with zero attached hydrogens (tertiary/aromatic N) is 21. The number of hydrogen-bond donors (Lipinski definition) is 3. The second kappa shape index (κ2) is 25.7. The van der Waals surface area contributed by atoms with Crippen molar-refractivity contribution in [2.75, 3.05) is 0 Å². The number of hydrogen-bond acceptors (Lipinski definition) is 16. The van der Waals surface area contributed by atoms with E-state index in [1.165, 1.54) is 4.80 Å². The molecule has 0 radical (unpaired) electrons. The molecule has 400 valence electrons. The predicted octanol–water partition coefficient (Wildman–Crippen LogP) is 8.64. The molecule has 0 aliphatic heterocycles. The first-order valence-electron chi connectivity index (χ1n) is 24.9. The molecule has 24 nitrogen and oxygen atoms in total. The summed E-state index contributed by atoms with van der Waals surface area (Å²) in [5, 5.41) is 16.3. The van der Waals surface area contributed by atoms with Gasteiger partial charge >= 0.3 is 0 Å². The number of rotatable bonds is 0. The van der Waals surface area contributed by atoms with Crippen LogP contribution in [0.4, 0.5) is 0 Å². The number of para-hydroxylation sites is 2. The van der Waals surface area contributed by atoms with E-state index < -0.39 is 0 Å².